The lowest BCUT2D eigenvalue weighted by molar-refractivity contribution is -0.116. The second-order valence-corrected chi connectivity index (χ2v) is 6.93. The molecule has 0 radical (unpaired) electrons. The van der Waals surface area contributed by atoms with Crippen LogP contribution in [0.5, 0.6) is 0 Å². The van der Waals surface area contributed by atoms with Crippen LogP contribution in [0.1, 0.15) is 23.2 Å². The van der Waals surface area contributed by atoms with Gasteiger partial charge in [-0.1, -0.05) is 30.3 Å². The smallest absolute Gasteiger partial charge is 0.250 e. The highest BCUT2D eigenvalue weighted by molar-refractivity contribution is 7.15. The molecule has 0 aliphatic rings. The molecule has 2 heterocycles. The van der Waals surface area contributed by atoms with Crippen LogP contribution in [-0.2, 0) is 4.79 Å². The molecule has 6 nitrogen and oxygen atoms in total. The minimum absolute atomic E-state index is 0.0470. The number of thiazole rings is 1. The van der Waals surface area contributed by atoms with Crippen LogP contribution in [0.15, 0.2) is 60.0 Å². The van der Waals surface area contributed by atoms with Crippen molar-refractivity contribution in [1.82, 2.24) is 14.6 Å². The van der Waals surface area contributed by atoms with Gasteiger partial charge in [-0.05, 0) is 24.3 Å². The normalized spacial score (nSPS) is 10.9. The molecule has 4 aromatic rings. The zero-order valence-electron chi connectivity index (χ0n) is 14.6. The number of ketones is 1. The Kier molecular flexibility index (Phi) is 4.94. The summed E-state index contributed by atoms with van der Waals surface area (Å²) in [5, 5.41) is 8.79. The number of nitrogens with one attached hydrogen (secondary N) is 1. The third-order valence-corrected chi connectivity index (χ3v) is 4.96. The number of nitrogens with zero attached hydrogens (tertiary/aromatic N) is 3. The van der Waals surface area contributed by atoms with E-state index in [1.54, 1.807) is 40.9 Å². The Morgan fingerprint density at radius 1 is 1.04 bits per heavy atom. The molecule has 2 aromatic heterocycles. The van der Waals surface area contributed by atoms with Gasteiger partial charge < -0.3 is 0 Å². The predicted molar refractivity (Wildman–Crippen MR) is 105 cm³/mol. The van der Waals surface area contributed by atoms with E-state index in [4.69, 9.17) is 0 Å². The van der Waals surface area contributed by atoms with Crippen molar-refractivity contribution in [2.75, 3.05) is 5.32 Å². The molecule has 0 fully saturated rings. The maximum absolute atomic E-state index is 13.1. The van der Waals surface area contributed by atoms with E-state index < -0.39 is 0 Å². The Hall–Kier alpha value is -3.39. The van der Waals surface area contributed by atoms with Gasteiger partial charge in [-0.15, -0.1) is 16.4 Å². The van der Waals surface area contributed by atoms with Crippen molar-refractivity contribution in [3.8, 4) is 11.3 Å². The molecule has 0 aliphatic carbocycles. The third-order valence-electron chi connectivity index (χ3n) is 4.15. The monoisotopic (exact) mass is 394 g/mol. The Morgan fingerprint density at radius 3 is 2.54 bits per heavy atom. The van der Waals surface area contributed by atoms with Crippen molar-refractivity contribution >= 4 is 33.9 Å². The van der Waals surface area contributed by atoms with Crippen molar-refractivity contribution in [2.45, 2.75) is 12.8 Å². The topological polar surface area (TPSA) is 76.4 Å². The first-order chi connectivity index (χ1) is 13.6. The van der Waals surface area contributed by atoms with Gasteiger partial charge in [0.25, 0.3) is 0 Å². The van der Waals surface area contributed by atoms with Gasteiger partial charge in [0.05, 0.1) is 5.69 Å². The summed E-state index contributed by atoms with van der Waals surface area (Å²) < 4.78 is 14.7. The minimum atomic E-state index is -0.328. The molecule has 0 spiro atoms. The van der Waals surface area contributed by atoms with Gasteiger partial charge in [0.2, 0.25) is 16.8 Å². The van der Waals surface area contributed by atoms with E-state index in [0.717, 1.165) is 11.3 Å². The number of fused-ring (bicyclic) bond motifs is 1. The lowest BCUT2D eigenvalue weighted by Crippen LogP contribution is -2.14. The molecule has 28 heavy (non-hydrogen) atoms. The highest BCUT2D eigenvalue weighted by atomic mass is 32.1. The highest BCUT2D eigenvalue weighted by Gasteiger charge is 2.14. The van der Waals surface area contributed by atoms with Crippen LogP contribution in [-0.4, -0.2) is 26.3 Å². The summed E-state index contributed by atoms with van der Waals surface area (Å²) in [7, 11) is 0. The van der Waals surface area contributed by atoms with Gasteiger partial charge in [-0.25, -0.2) is 8.91 Å². The van der Waals surface area contributed by atoms with E-state index in [1.807, 2.05) is 11.4 Å². The Morgan fingerprint density at radius 2 is 1.79 bits per heavy atom. The summed E-state index contributed by atoms with van der Waals surface area (Å²) in [6, 6.07) is 14.9. The summed E-state index contributed by atoms with van der Waals surface area (Å²) in [4.78, 5) is 29.1. The molecule has 0 unspecified atom stereocenters. The quantitative estimate of drug-likeness (QED) is 0.497. The summed E-state index contributed by atoms with van der Waals surface area (Å²) in [5.41, 5.74) is 2.14. The first-order valence-corrected chi connectivity index (χ1v) is 9.46. The maximum atomic E-state index is 13.1. The van der Waals surface area contributed by atoms with Gasteiger partial charge >= 0.3 is 0 Å². The number of Topliss-reactive ketones (excluding diaryl/α,β-unsaturated/α-hetero) is 1. The molecule has 0 atom stereocenters. The van der Waals surface area contributed by atoms with Crippen molar-refractivity contribution in [3.63, 3.8) is 0 Å². The zero-order valence-corrected chi connectivity index (χ0v) is 15.4. The average Bonchev–Trinajstić information content (AvgIpc) is 3.28. The van der Waals surface area contributed by atoms with E-state index in [-0.39, 0.29) is 36.3 Å². The van der Waals surface area contributed by atoms with E-state index >= 15 is 0 Å². The van der Waals surface area contributed by atoms with Crippen molar-refractivity contribution < 1.29 is 14.0 Å². The van der Waals surface area contributed by atoms with E-state index in [2.05, 4.69) is 15.4 Å². The molecule has 1 N–H and O–H groups in total. The van der Waals surface area contributed by atoms with Crippen LogP contribution in [0.3, 0.4) is 0 Å². The maximum Gasteiger partial charge on any atom is 0.250 e. The third kappa shape index (κ3) is 3.81. The largest absolute Gasteiger partial charge is 0.294 e. The van der Waals surface area contributed by atoms with Crippen molar-refractivity contribution in [3.05, 3.63) is 71.4 Å². The second-order valence-electron chi connectivity index (χ2n) is 6.10. The fraction of sp³-hybridized carbons (Fsp3) is 0.100. The molecular weight excluding hydrogens is 379 g/mol. The predicted octanol–water partition coefficient (Wildman–Crippen LogP) is 4.20. The van der Waals surface area contributed by atoms with E-state index in [0.29, 0.717) is 10.5 Å². The minimum Gasteiger partial charge on any atom is -0.294 e. The number of halogens is 1. The van der Waals surface area contributed by atoms with Crippen LogP contribution in [0, 0.1) is 5.82 Å². The van der Waals surface area contributed by atoms with Crippen LogP contribution in [0.4, 0.5) is 10.3 Å². The standard InChI is InChI=1S/C20H15FN4O2S/c21-15-8-6-13(7-9-15)16-12-28-20-23-19(24-25(16)20)22-18(27)11-10-17(26)14-4-2-1-3-5-14/h1-9,12H,10-11H2,(H,22,24,27). The van der Waals surface area contributed by atoms with E-state index in [9.17, 15) is 14.0 Å². The van der Waals surface area contributed by atoms with Gasteiger partial charge in [-0.2, -0.15) is 4.98 Å². The summed E-state index contributed by atoms with van der Waals surface area (Å²) in [5.74, 6) is -0.557. The number of benzene rings is 2. The number of hydrogen-bond donors (Lipinski definition) is 1. The zero-order chi connectivity index (χ0) is 19.5. The Balaban J connectivity index is 1.43. The molecule has 1 amide bonds. The first-order valence-electron chi connectivity index (χ1n) is 8.58. The van der Waals surface area contributed by atoms with E-state index in [1.165, 1.54) is 23.5 Å². The van der Waals surface area contributed by atoms with Crippen LogP contribution in [0.25, 0.3) is 16.2 Å². The molecule has 140 valence electrons. The van der Waals surface area contributed by atoms with Crippen molar-refractivity contribution in [1.29, 1.82) is 0 Å². The van der Waals surface area contributed by atoms with Gasteiger partial charge in [0, 0.05) is 29.3 Å². The molecule has 0 aliphatic heterocycles. The number of carbonyl (C=O) groups excluding carboxylic acids is 2. The van der Waals surface area contributed by atoms with Crippen molar-refractivity contribution in [2.24, 2.45) is 0 Å². The number of rotatable bonds is 6. The number of anilines is 1. The lowest BCUT2D eigenvalue weighted by Gasteiger charge is -2.02. The molecular formula is C20H15FN4O2S. The van der Waals surface area contributed by atoms with Crippen LogP contribution in [0.2, 0.25) is 0 Å². The molecule has 0 bridgehead atoms. The lowest BCUT2D eigenvalue weighted by atomic mass is 10.1. The van der Waals surface area contributed by atoms with Gasteiger partial charge in [-0.3, -0.25) is 14.9 Å². The molecule has 8 heteroatoms. The summed E-state index contributed by atoms with van der Waals surface area (Å²) >= 11 is 1.37. The fourth-order valence-electron chi connectivity index (χ4n) is 2.74. The van der Waals surface area contributed by atoms with Gasteiger partial charge in [0.15, 0.2) is 5.78 Å². The first kappa shape index (κ1) is 18.0. The number of amides is 1. The van der Waals surface area contributed by atoms with Gasteiger partial charge in [0.1, 0.15) is 5.82 Å². The number of hydrogen-bond acceptors (Lipinski definition) is 5. The molecule has 2 aromatic carbocycles. The molecule has 0 saturated heterocycles. The Bertz CT molecular complexity index is 1140. The SMILES string of the molecule is O=C(CCC(=O)c1ccccc1)Nc1nc2scc(-c3ccc(F)cc3)n2n1. The fourth-order valence-corrected chi connectivity index (χ4v) is 3.57. The average molecular weight is 394 g/mol. The number of carbonyl (C=O) groups is 2. The summed E-state index contributed by atoms with van der Waals surface area (Å²) in [6.07, 6.45) is 0.157. The highest BCUT2D eigenvalue weighted by Crippen LogP contribution is 2.26. The second kappa shape index (κ2) is 7.69. The van der Waals surface area contributed by atoms with Crippen LogP contribution >= 0.6 is 11.3 Å². The molecule has 4 rings (SSSR count). The van der Waals surface area contributed by atoms with Crippen LogP contribution < -0.4 is 5.32 Å². The number of aromatic nitrogens is 3. The molecule has 0 saturated carbocycles. The summed E-state index contributed by atoms with van der Waals surface area (Å²) in [6.45, 7) is 0. The Labute approximate surface area is 163 Å².